The summed E-state index contributed by atoms with van der Waals surface area (Å²) in [6.07, 6.45) is 3.43. The van der Waals surface area contributed by atoms with Crippen molar-refractivity contribution in [2.75, 3.05) is 31.6 Å². The monoisotopic (exact) mass is 317 g/mol. The Bertz CT molecular complexity index is 690. The molecule has 1 atom stereocenters. The zero-order valence-electron chi connectivity index (χ0n) is 13.1. The Hall–Kier alpha value is -2.48. The molecule has 2 aromatic heterocycles. The van der Waals surface area contributed by atoms with Gasteiger partial charge in [0.1, 0.15) is 24.0 Å². The number of hydrogen-bond donors (Lipinski definition) is 1. The van der Waals surface area contributed by atoms with E-state index in [0.29, 0.717) is 19.5 Å². The maximum atomic E-state index is 12.2. The SMILES string of the molecule is Cc1cc(N2CCC(O)(CN(C)C(=O)c3ccon3)C2)ncn1. The fourth-order valence-corrected chi connectivity index (χ4v) is 2.83. The van der Waals surface area contributed by atoms with E-state index in [1.54, 1.807) is 7.05 Å². The summed E-state index contributed by atoms with van der Waals surface area (Å²) in [6.45, 7) is 3.22. The Kier molecular flexibility index (Phi) is 3.99. The lowest BCUT2D eigenvalue weighted by atomic mass is 10.0. The number of carbonyl (C=O) groups is 1. The molecule has 1 aliphatic rings. The van der Waals surface area contributed by atoms with Crippen molar-refractivity contribution in [3.63, 3.8) is 0 Å². The molecule has 8 nitrogen and oxygen atoms in total. The van der Waals surface area contributed by atoms with Gasteiger partial charge < -0.3 is 19.4 Å². The second-order valence-corrected chi connectivity index (χ2v) is 5.96. The van der Waals surface area contributed by atoms with Gasteiger partial charge in [0.25, 0.3) is 5.91 Å². The number of amides is 1. The molecule has 1 fully saturated rings. The van der Waals surface area contributed by atoms with Gasteiger partial charge in [-0.1, -0.05) is 5.16 Å². The highest BCUT2D eigenvalue weighted by Crippen LogP contribution is 2.26. The fraction of sp³-hybridized carbons (Fsp3) is 0.467. The van der Waals surface area contributed by atoms with Crippen molar-refractivity contribution < 1.29 is 14.4 Å². The Labute approximate surface area is 133 Å². The highest BCUT2D eigenvalue weighted by atomic mass is 16.5. The standard InChI is InChI=1S/C15H19N5O3/c1-11-7-13(17-10-16-11)20-5-4-15(22,9-20)8-19(2)14(21)12-3-6-23-18-12/h3,6-7,10,22H,4-5,8-9H2,1-2H3. The van der Waals surface area contributed by atoms with Gasteiger partial charge in [-0.3, -0.25) is 4.79 Å². The highest BCUT2D eigenvalue weighted by Gasteiger charge is 2.38. The maximum Gasteiger partial charge on any atom is 0.275 e. The summed E-state index contributed by atoms with van der Waals surface area (Å²) in [6, 6.07) is 3.39. The summed E-state index contributed by atoms with van der Waals surface area (Å²) in [5.74, 6) is 0.516. The molecule has 3 rings (SSSR count). The second kappa shape index (κ2) is 5.96. The van der Waals surface area contributed by atoms with Crippen LogP contribution in [0.25, 0.3) is 0 Å². The molecule has 0 saturated carbocycles. The number of aryl methyl sites for hydroxylation is 1. The van der Waals surface area contributed by atoms with Gasteiger partial charge in [-0.05, 0) is 13.3 Å². The molecule has 1 amide bonds. The lowest BCUT2D eigenvalue weighted by Crippen LogP contribution is -2.46. The Balaban J connectivity index is 1.65. The molecule has 2 aromatic rings. The third-order valence-corrected chi connectivity index (χ3v) is 3.98. The summed E-state index contributed by atoms with van der Waals surface area (Å²) < 4.78 is 4.68. The number of hydrogen-bond acceptors (Lipinski definition) is 7. The van der Waals surface area contributed by atoms with Crippen molar-refractivity contribution in [3.8, 4) is 0 Å². The molecule has 1 N–H and O–H groups in total. The van der Waals surface area contributed by atoms with Gasteiger partial charge in [0, 0.05) is 38.0 Å². The van der Waals surface area contributed by atoms with Crippen molar-refractivity contribution in [3.05, 3.63) is 36.1 Å². The summed E-state index contributed by atoms with van der Waals surface area (Å²) in [5.41, 5.74) is 0.133. The lowest BCUT2D eigenvalue weighted by Gasteiger charge is -2.28. The molecule has 0 bridgehead atoms. The number of rotatable bonds is 4. The molecule has 1 aliphatic heterocycles. The molecule has 23 heavy (non-hydrogen) atoms. The predicted molar refractivity (Wildman–Crippen MR) is 82.0 cm³/mol. The molecule has 0 aliphatic carbocycles. The number of anilines is 1. The zero-order chi connectivity index (χ0) is 16.4. The molecule has 122 valence electrons. The van der Waals surface area contributed by atoms with Crippen LogP contribution in [0, 0.1) is 6.92 Å². The number of aromatic nitrogens is 3. The summed E-state index contributed by atoms with van der Waals surface area (Å²) in [5, 5.41) is 14.4. The third-order valence-electron chi connectivity index (χ3n) is 3.98. The highest BCUT2D eigenvalue weighted by molar-refractivity contribution is 5.91. The van der Waals surface area contributed by atoms with Crippen molar-refractivity contribution in [1.82, 2.24) is 20.0 Å². The minimum atomic E-state index is -0.979. The van der Waals surface area contributed by atoms with E-state index < -0.39 is 5.60 Å². The summed E-state index contributed by atoms with van der Waals surface area (Å²) in [4.78, 5) is 24.0. The zero-order valence-corrected chi connectivity index (χ0v) is 13.1. The molecular weight excluding hydrogens is 298 g/mol. The fourth-order valence-electron chi connectivity index (χ4n) is 2.83. The van der Waals surface area contributed by atoms with Crippen molar-refractivity contribution in [2.24, 2.45) is 0 Å². The largest absolute Gasteiger partial charge is 0.386 e. The molecule has 0 aromatic carbocycles. The van der Waals surface area contributed by atoms with E-state index in [4.69, 9.17) is 0 Å². The molecule has 3 heterocycles. The first-order valence-corrected chi connectivity index (χ1v) is 7.39. The van der Waals surface area contributed by atoms with Crippen LogP contribution >= 0.6 is 0 Å². The van der Waals surface area contributed by atoms with Gasteiger partial charge in [0.05, 0.1) is 6.54 Å². The molecule has 1 saturated heterocycles. The Morgan fingerprint density at radius 2 is 2.35 bits per heavy atom. The van der Waals surface area contributed by atoms with Crippen molar-refractivity contribution in [1.29, 1.82) is 0 Å². The summed E-state index contributed by atoms with van der Waals surface area (Å²) in [7, 11) is 1.65. The van der Waals surface area contributed by atoms with Gasteiger partial charge in [0.2, 0.25) is 0 Å². The average molecular weight is 317 g/mol. The Morgan fingerprint density at radius 3 is 3.04 bits per heavy atom. The third kappa shape index (κ3) is 3.31. The number of likely N-dealkylation sites (N-methyl/N-ethyl adjacent to an activating group) is 1. The topological polar surface area (TPSA) is 95.6 Å². The first-order chi connectivity index (χ1) is 11.0. The first-order valence-electron chi connectivity index (χ1n) is 7.39. The van der Waals surface area contributed by atoms with Crippen LogP contribution in [-0.4, -0.2) is 63.3 Å². The minimum absolute atomic E-state index is 0.221. The van der Waals surface area contributed by atoms with Crippen LogP contribution in [0.4, 0.5) is 5.82 Å². The van der Waals surface area contributed by atoms with E-state index in [0.717, 1.165) is 11.5 Å². The van der Waals surface area contributed by atoms with Gasteiger partial charge >= 0.3 is 0 Å². The van der Waals surface area contributed by atoms with Crippen LogP contribution in [-0.2, 0) is 0 Å². The van der Waals surface area contributed by atoms with Crippen molar-refractivity contribution in [2.45, 2.75) is 18.9 Å². The first kappa shape index (κ1) is 15.4. The van der Waals surface area contributed by atoms with Crippen LogP contribution in [0.5, 0.6) is 0 Å². The van der Waals surface area contributed by atoms with Crippen LogP contribution in [0.1, 0.15) is 22.6 Å². The van der Waals surface area contributed by atoms with Crippen molar-refractivity contribution >= 4 is 11.7 Å². The van der Waals surface area contributed by atoms with Crippen LogP contribution in [0.3, 0.4) is 0 Å². The number of aliphatic hydroxyl groups is 1. The smallest absolute Gasteiger partial charge is 0.275 e. The van der Waals surface area contributed by atoms with Crippen LogP contribution in [0.2, 0.25) is 0 Å². The second-order valence-electron chi connectivity index (χ2n) is 5.96. The van der Waals surface area contributed by atoms with E-state index in [2.05, 4.69) is 19.6 Å². The van der Waals surface area contributed by atoms with Gasteiger partial charge in [-0.2, -0.15) is 0 Å². The normalized spacial score (nSPS) is 20.7. The lowest BCUT2D eigenvalue weighted by molar-refractivity contribution is 0.0260. The summed E-state index contributed by atoms with van der Waals surface area (Å²) >= 11 is 0. The molecule has 8 heteroatoms. The number of carbonyl (C=O) groups excluding carboxylic acids is 1. The van der Waals surface area contributed by atoms with E-state index in [9.17, 15) is 9.90 Å². The Morgan fingerprint density at radius 1 is 1.52 bits per heavy atom. The van der Waals surface area contributed by atoms with Crippen LogP contribution in [0.15, 0.2) is 29.2 Å². The van der Waals surface area contributed by atoms with Gasteiger partial charge in [-0.25, -0.2) is 9.97 Å². The number of β-amino-alcohol motifs (C(OH)–C–C–N with tert-alkyl or cyclic N) is 1. The van der Waals surface area contributed by atoms with E-state index in [1.165, 1.54) is 23.6 Å². The van der Waals surface area contributed by atoms with E-state index in [-0.39, 0.29) is 18.1 Å². The average Bonchev–Trinajstić information content (AvgIpc) is 3.16. The number of nitrogens with zero attached hydrogens (tertiary/aromatic N) is 5. The molecule has 0 spiro atoms. The molecular formula is C15H19N5O3. The molecule has 1 unspecified atom stereocenters. The molecule has 0 radical (unpaired) electrons. The minimum Gasteiger partial charge on any atom is -0.386 e. The van der Waals surface area contributed by atoms with E-state index in [1.807, 2.05) is 17.9 Å². The van der Waals surface area contributed by atoms with Gasteiger partial charge in [-0.15, -0.1) is 0 Å². The quantitative estimate of drug-likeness (QED) is 0.876. The van der Waals surface area contributed by atoms with Gasteiger partial charge in [0.15, 0.2) is 5.69 Å². The predicted octanol–water partition coefficient (Wildman–Crippen LogP) is 0.486. The van der Waals surface area contributed by atoms with E-state index >= 15 is 0 Å². The van der Waals surface area contributed by atoms with Crippen LogP contribution < -0.4 is 4.90 Å². The maximum absolute atomic E-state index is 12.2.